The predicted octanol–water partition coefficient (Wildman–Crippen LogP) is -0.748. The molecule has 8 nitrogen and oxygen atoms in total. The number of hydrogen-bond donors (Lipinski definition) is 4. The molecule has 21 heavy (non-hydrogen) atoms. The Balaban J connectivity index is 2.70. The van der Waals surface area contributed by atoms with Crippen LogP contribution < -0.4 is 16.4 Å². The molecular weight excluding hydrogens is 278 g/mol. The highest BCUT2D eigenvalue weighted by Crippen LogP contribution is 2.18. The molecule has 0 spiro atoms. The summed E-state index contributed by atoms with van der Waals surface area (Å²) in [5.41, 5.74) is 4.36. The molecule has 1 saturated heterocycles. The molecule has 0 aliphatic carbocycles. The zero-order valence-electron chi connectivity index (χ0n) is 12.5. The van der Waals surface area contributed by atoms with Gasteiger partial charge in [-0.3, -0.25) is 9.59 Å². The number of alkyl carbamates (subject to hydrolysis) is 1. The molecule has 1 unspecified atom stereocenters. The SMILES string of the molecule is CC(C)(C)OC(=O)N[C@@H](C[C@@H]1CCNC1=O)C(O)C(N)=O. The van der Waals surface area contributed by atoms with Gasteiger partial charge in [-0.05, 0) is 33.6 Å². The first-order chi connectivity index (χ1) is 9.60. The first-order valence-corrected chi connectivity index (χ1v) is 6.85. The summed E-state index contributed by atoms with van der Waals surface area (Å²) in [5.74, 6) is -1.50. The Bertz CT molecular complexity index is 419. The van der Waals surface area contributed by atoms with Crippen LogP contribution in [0.4, 0.5) is 4.79 Å². The fraction of sp³-hybridized carbons (Fsp3) is 0.769. The summed E-state index contributed by atoms with van der Waals surface area (Å²) in [4.78, 5) is 34.5. The average molecular weight is 301 g/mol. The number of nitrogens with two attached hydrogens (primary N) is 1. The summed E-state index contributed by atoms with van der Waals surface area (Å²) in [6.45, 7) is 5.61. The van der Waals surface area contributed by atoms with E-state index in [0.717, 1.165) is 0 Å². The van der Waals surface area contributed by atoms with E-state index in [4.69, 9.17) is 10.5 Å². The van der Waals surface area contributed by atoms with Crippen LogP contribution in [0.3, 0.4) is 0 Å². The molecule has 0 aromatic carbocycles. The molecule has 1 heterocycles. The van der Waals surface area contributed by atoms with Crippen molar-refractivity contribution in [1.29, 1.82) is 0 Å². The molecule has 3 atom stereocenters. The third-order valence-corrected chi connectivity index (χ3v) is 3.08. The highest BCUT2D eigenvalue weighted by Gasteiger charge is 2.34. The van der Waals surface area contributed by atoms with Crippen molar-refractivity contribution in [3.63, 3.8) is 0 Å². The van der Waals surface area contributed by atoms with E-state index in [2.05, 4.69) is 10.6 Å². The summed E-state index contributed by atoms with van der Waals surface area (Å²) >= 11 is 0. The van der Waals surface area contributed by atoms with Crippen LogP contribution in [0.25, 0.3) is 0 Å². The Hall–Kier alpha value is -1.83. The number of primary amides is 1. The highest BCUT2D eigenvalue weighted by molar-refractivity contribution is 5.82. The molecule has 1 rings (SSSR count). The van der Waals surface area contributed by atoms with E-state index in [1.165, 1.54) is 0 Å². The Labute approximate surface area is 123 Å². The van der Waals surface area contributed by atoms with E-state index in [0.29, 0.717) is 13.0 Å². The first-order valence-electron chi connectivity index (χ1n) is 6.85. The quantitative estimate of drug-likeness (QED) is 0.531. The maximum atomic E-state index is 11.8. The molecule has 1 fully saturated rings. The Morgan fingerprint density at radius 1 is 1.52 bits per heavy atom. The van der Waals surface area contributed by atoms with E-state index in [1.807, 2.05) is 0 Å². The molecule has 0 aromatic rings. The second kappa shape index (κ2) is 6.75. The summed E-state index contributed by atoms with van der Waals surface area (Å²) in [6, 6.07) is -0.966. The number of nitrogens with one attached hydrogen (secondary N) is 2. The van der Waals surface area contributed by atoms with Gasteiger partial charge in [-0.1, -0.05) is 0 Å². The second-order valence-corrected chi connectivity index (χ2v) is 6.11. The third kappa shape index (κ3) is 5.58. The van der Waals surface area contributed by atoms with E-state index in [9.17, 15) is 19.5 Å². The lowest BCUT2D eigenvalue weighted by Crippen LogP contribution is -2.51. The predicted molar refractivity (Wildman–Crippen MR) is 74.1 cm³/mol. The number of amides is 3. The summed E-state index contributed by atoms with van der Waals surface area (Å²) in [6.07, 6.45) is -1.65. The van der Waals surface area contributed by atoms with Crippen LogP contribution in [0.15, 0.2) is 0 Å². The molecule has 3 amide bonds. The molecule has 120 valence electrons. The lowest BCUT2D eigenvalue weighted by atomic mass is 9.95. The van der Waals surface area contributed by atoms with Crippen LogP contribution in [0.1, 0.15) is 33.6 Å². The normalized spacial score (nSPS) is 21.3. The van der Waals surface area contributed by atoms with Gasteiger partial charge in [-0.25, -0.2) is 4.79 Å². The maximum Gasteiger partial charge on any atom is 0.407 e. The van der Waals surface area contributed by atoms with Gasteiger partial charge in [0.2, 0.25) is 11.8 Å². The number of aliphatic hydroxyl groups is 1. The number of ether oxygens (including phenoxy) is 1. The molecule has 0 bridgehead atoms. The minimum atomic E-state index is -1.58. The Kier molecular flexibility index (Phi) is 5.54. The van der Waals surface area contributed by atoms with Gasteiger partial charge < -0.3 is 26.2 Å². The molecule has 1 aliphatic heterocycles. The van der Waals surface area contributed by atoms with E-state index in [1.54, 1.807) is 20.8 Å². The number of rotatable bonds is 5. The molecule has 0 saturated carbocycles. The van der Waals surface area contributed by atoms with Gasteiger partial charge in [-0.2, -0.15) is 0 Å². The van der Waals surface area contributed by atoms with Gasteiger partial charge in [0.15, 0.2) is 6.10 Å². The summed E-state index contributed by atoms with van der Waals surface area (Å²) < 4.78 is 5.08. The van der Waals surface area contributed by atoms with Gasteiger partial charge in [-0.15, -0.1) is 0 Å². The lowest BCUT2D eigenvalue weighted by molar-refractivity contribution is -0.129. The van der Waals surface area contributed by atoms with Crippen molar-refractivity contribution in [3.8, 4) is 0 Å². The van der Waals surface area contributed by atoms with Crippen molar-refractivity contribution in [3.05, 3.63) is 0 Å². The average Bonchev–Trinajstić information content (AvgIpc) is 2.70. The Morgan fingerprint density at radius 2 is 2.14 bits per heavy atom. The first kappa shape index (κ1) is 17.2. The van der Waals surface area contributed by atoms with Crippen LogP contribution >= 0.6 is 0 Å². The van der Waals surface area contributed by atoms with Gasteiger partial charge in [0.05, 0.1) is 6.04 Å². The van der Waals surface area contributed by atoms with Crippen molar-refractivity contribution >= 4 is 17.9 Å². The van der Waals surface area contributed by atoms with Crippen molar-refractivity contribution in [1.82, 2.24) is 10.6 Å². The monoisotopic (exact) mass is 301 g/mol. The number of carbonyl (C=O) groups excluding carboxylic acids is 3. The number of aliphatic hydroxyl groups excluding tert-OH is 1. The molecule has 1 aliphatic rings. The molecule has 0 aromatic heterocycles. The molecule has 5 N–H and O–H groups in total. The molecule has 8 heteroatoms. The smallest absolute Gasteiger partial charge is 0.407 e. The maximum absolute atomic E-state index is 11.8. The van der Waals surface area contributed by atoms with Gasteiger partial charge >= 0.3 is 6.09 Å². The van der Waals surface area contributed by atoms with Crippen LogP contribution in [0, 0.1) is 5.92 Å². The van der Waals surface area contributed by atoms with Gasteiger partial charge in [0.1, 0.15) is 5.60 Å². The van der Waals surface area contributed by atoms with Gasteiger partial charge in [0.25, 0.3) is 0 Å². The van der Waals surface area contributed by atoms with E-state index < -0.39 is 29.7 Å². The molecular formula is C13H23N3O5. The number of hydrogen-bond acceptors (Lipinski definition) is 5. The molecule has 0 radical (unpaired) electrons. The second-order valence-electron chi connectivity index (χ2n) is 6.11. The fourth-order valence-corrected chi connectivity index (χ4v) is 2.10. The minimum absolute atomic E-state index is 0.120. The van der Waals surface area contributed by atoms with Crippen molar-refractivity contribution in [2.75, 3.05) is 6.54 Å². The van der Waals surface area contributed by atoms with Crippen molar-refractivity contribution < 1.29 is 24.2 Å². The van der Waals surface area contributed by atoms with E-state index in [-0.39, 0.29) is 18.2 Å². The van der Waals surface area contributed by atoms with Crippen LogP contribution in [-0.2, 0) is 14.3 Å². The van der Waals surface area contributed by atoms with Gasteiger partial charge in [0, 0.05) is 12.5 Å². The highest BCUT2D eigenvalue weighted by atomic mass is 16.6. The van der Waals surface area contributed by atoms with Crippen LogP contribution in [0.2, 0.25) is 0 Å². The topological polar surface area (TPSA) is 131 Å². The number of carbonyl (C=O) groups is 3. The summed E-state index contributed by atoms with van der Waals surface area (Å²) in [5, 5.41) is 14.9. The van der Waals surface area contributed by atoms with E-state index >= 15 is 0 Å². The fourth-order valence-electron chi connectivity index (χ4n) is 2.10. The summed E-state index contributed by atoms with van der Waals surface area (Å²) in [7, 11) is 0. The van der Waals surface area contributed by atoms with Crippen molar-refractivity contribution in [2.24, 2.45) is 11.7 Å². The lowest BCUT2D eigenvalue weighted by Gasteiger charge is -2.26. The zero-order valence-corrected chi connectivity index (χ0v) is 12.5. The van der Waals surface area contributed by atoms with Crippen LogP contribution in [-0.4, -0.2) is 47.3 Å². The standard InChI is InChI=1S/C13H23N3O5/c1-13(2,3)21-12(20)16-8(9(17)10(14)18)6-7-4-5-15-11(7)19/h7-9,17H,4-6H2,1-3H3,(H2,14,18)(H,15,19)(H,16,20)/t7-,8-,9?/m0/s1. The third-order valence-electron chi connectivity index (χ3n) is 3.08. The zero-order chi connectivity index (χ0) is 16.2. The minimum Gasteiger partial charge on any atom is -0.444 e. The Morgan fingerprint density at radius 3 is 2.57 bits per heavy atom. The van der Waals surface area contributed by atoms with Crippen LogP contribution in [0.5, 0.6) is 0 Å². The largest absolute Gasteiger partial charge is 0.444 e. The van der Waals surface area contributed by atoms with Crippen molar-refractivity contribution in [2.45, 2.75) is 51.4 Å².